The van der Waals surface area contributed by atoms with Crippen molar-refractivity contribution in [2.45, 2.75) is 118 Å². The number of aromatic nitrogens is 3. The molecule has 2 aromatic rings. The van der Waals surface area contributed by atoms with E-state index in [0.29, 0.717) is 42.9 Å². The summed E-state index contributed by atoms with van der Waals surface area (Å²) < 4.78 is 19.6. The van der Waals surface area contributed by atoms with Crippen LogP contribution in [0.2, 0.25) is 0 Å². The van der Waals surface area contributed by atoms with Crippen LogP contribution in [0, 0.1) is 0 Å². The number of hydrogen-bond acceptors (Lipinski definition) is 7. The Morgan fingerprint density at radius 1 is 1.02 bits per heavy atom. The molecule has 0 aliphatic heterocycles. The van der Waals surface area contributed by atoms with Crippen LogP contribution in [-0.4, -0.2) is 75.9 Å². The van der Waals surface area contributed by atoms with E-state index < -0.39 is 0 Å². The molecule has 0 bridgehead atoms. The van der Waals surface area contributed by atoms with Gasteiger partial charge in [-0.05, 0) is 116 Å². The van der Waals surface area contributed by atoms with E-state index in [0.717, 1.165) is 61.3 Å². The summed E-state index contributed by atoms with van der Waals surface area (Å²) in [5.74, 6) is 0.227. The molecule has 3 rings (SSSR count). The molecule has 10 heteroatoms. The molecule has 0 radical (unpaired) electrons. The van der Waals surface area contributed by atoms with Gasteiger partial charge in [-0.1, -0.05) is 11.3 Å². The molecule has 0 fully saturated rings. The number of nitrogens with one attached hydrogen (secondary N) is 1. The fraction of sp³-hybridized carbons (Fsp3) is 0.622. The van der Waals surface area contributed by atoms with Gasteiger partial charge in [0.25, 0.3) is 5.91 Å². The quantitative estimate of drug-likeness (QED) is 0.108. The summed E-state index contributed by atoms with van der Waals surface area (Å²) >= 11 is 0. The first-order valence-electron chi connectivity index (χ1n) is 17.1. The van der Waals surface area contributed by atoms with Crippen molar-refractivity contribution in [1.29, 1.82) is 0 Å². The van der Waals surface area contributed by atoms with E-state index in [1.165, 1.54) is 5.57 Å². The predicted molar refractivity (Wildman–Crippen MR) is 185 cm³/mol. The van der Waals surface area contributed by atoms with Crippen LogP contribution in [0.15, 0.2) is 53.4 Å². The molecule has 10 nitrogen and oxygen atoms in total. The Balaban J connectivity index is 1.45. The molecular weight excluding hydrogens is 594 g/mol. The maximum Gasteiger partial charge on any atom is 0.311 e. The van der Waals surface area contributed by atoms with Crippen LogP contribution >= 0.6 is 0 Å². The van der Waals surface area contributed by atoms with Crippen LogP contribution in [0.3, 0.4) is 0 Å². The number of benzene rings is 1. The van der Waals surface area contributed by atoms with Crippen molar-refractivity contribution in [3.63, 3.8) is 0 Å². The predicted octanol–water partition coefficient (Wildman–Crippen LogP) is 6.30. The van der Waals surface area contributed by atoms with Gasteiger partial charge >= 0.3 is 5.97 Å². The van der Waals surface area contributed by atoms with Gasteiger partial charge < -0.3 is 24.0 Å². The van der Waals surface area contributed by atoms with Crippen molar-refractivity contribution in [3.8, 4) is 5.75 Å². The number of ether oxygens (including phenoxy) is 3. The van der Waals surface area contributed by atoms with Crippen molar-refractivity contribution in [1.82, 2.24) is 20.3 Å². The molecule has 0 atom stereocenters. The Morgan fingerprint density at radius 2 is 1.72 bits per heavy atom. The van der Waals surface area contributed by atoms with Gasteiger partial charge in [-0.25, -0.2) is 0 Å². The summed E-state index contributed by atoms with van der Waals surface area (Å²) in [5.41, 5.74) is 4.68. The number of likely N-dealkylation sites (N-methyl/N-ethyl adjacent to an activating group) is 1. The summed E-state index contributed by atoms with van der Waals surface area (Å²) in [6, 6.07) is 7.62. The summed E-state index contributed by atoms with van der Waals surface area (Å²) in [4.78, 5) is 25.8. The zero-order valence-corrected chi connectivity index (χ0v) is 30.3. The highest BCUT2D eigenvalue weighted by Crippen LogP contribution is 2.24. The number of aryl methyl sites for hydroxylation is 2. The smallest absolute Gasteiger partial charge is 0.311 e. The molecule has 0 spiro atoms. The SMILES string of the molecule is CC[N+](CC)(CC(=O)NC1=C(C)CCC=C1C)Cc1ccc(OC(=O)CCc2cn(CCC(C)(C)OCCC(C)(C)OC)nn2)cc1. The van der Waals surface area contributed by atoms with E-state index in [4.69, 9.17) is 14.2 Å². The Morgan fingerprint density at radius 3 is 2.36 bits per heavy atom. The molecule has 1 heterocycles. The topological polar surface area (TPSA) is 105 Å². The average molecular weight is 653 g/mol. The van der Waals surface area contributed by atoms with Crippen molar-refractivity contribution >= 4 is 11.9 Å². The molecule has 1 N–H and O–H groups in total. The third-order valence-electron chi connectivity index (χ3n) is 9.41. The lowest BCUT2D eigenvalue weighted by atomic mass is 9.98. The Labute approximate surface area is 282 Å². The number of amides is 1. The van der Waals surface area contributed by atoms with Gasteiger partial charge in [0.05, 0.1) is 43.0 Å². The Bertz CT molecular complexity index is 1390. The second kappa shape index (κ2) is 17.2. The first-order valence-corrected chi connectivity index (χ1v) is 17.1. The highest BCUT2D eigenvalue weighted by molar-refractivity contribution is 5.80. The minimum atomic E-state index is -0.318. The number of methoxy groups -OCH3 is 1. The highest BCUT2D eigenvalue weighted by atomic mass is 16.5. The van der Waals surface area contributed by atoms with Gasteiger partial charge in [-0.15, -0.1) is 5.10 Å². The standard InChI is InChI=1S/C37H57N5O5/c1-10-42(11-2,27-33(43)38-35-28(3)13-12-14-29(35)4)26-30-15-18-32(19-16-30)47-34(44)20-17-31-25-41(40-39-31)23-21-37(7,8)46-24-22-36(5,6)45-9/h13,15-16,18-19,25H,10-12,14,17,20-24,26-27H2,1-9H3/p+1. The molecule has 0 saturated carbocycles. The fourth-order valence-corrected chi connectivity index (χ4v) is 5.64. The van der Waals surface area contributed by atoms with Crippen LogP contribution in [0.1, 0.15) is 98.8 Å². The van der Waals surface area contributed by atoms with E-state index in [-0.39, 0.29) is 29.5 Å². The lowest BCUT2D eigenvalue weighted by Crippen LogP contribution is -2.52. The van der Waals surface area contributed by atoms with E-state index in [9.17, 15) is 9.59 Å². The van der Waals surface area contributed by atoms with Crippen LogP contribution in [-0.2, 0) is 38.6 Å². The normalized spacial score (nSPS) is 14.3. The molecule has 0 unspecified atom stereocenters. The minimum absolute atomic E-state index is 0.0408. The first kappa shape index (κ1) is 38.1. The van der Waals surface area contributed by atoms with E-state index in [1.54, 1.807) is 11.8 Å². The van der Waals surface area contributed by atoms with Crippen LogP contribution in [0.25, 0.3) is 0 Å². The molecule has 1 aromatic carbocycles. The maximum absolute atomic E-state index is 13.1. The lowest BCUT2D eigenvalue weighted by Gasteiger charge is -2.36. The number of quaternary nitrogens is 1. The summed E-state index contributed by atoms with van der Waals surface area (Å²) in [5, 5.41) is 11.7. The van der Waals surface area contributed by atoms with Gasteiger partial charge in [0.2, 0.25) is 0 Å². The molecule has 1 aliphatic carbocycles. The summed E-state index contributed by atoms with van der Waals surface area (Å²) in [6.07, 6.45) is 8.33. The molecular formula is C37H58N5O5+. The minimum Gasteiger partial charge on any atom is -0.427 e. The van der Waals surface area contributed by atoms with Gasteiger partial charge in [-0.2, -0.15) is 0 Å². The Hall–Kier alpha value is -3.34. The van der Waals surface area contributed by atoms with Crippen molar-refractivity contribution < 1.29 is 28.3 Å². The number of nitrogens with zero attached hydrogens (tertiary/aromatic N) is 4. The third kappa shape index (κ3) is 12.3. The van der Waals surface area contributed by atoms with E-state index >= 15 is 0 Å². The third-order valence-corrected chi connectivity index (χ3v) is 9.41. The fourth-order valence-electron chi connectivity index (χ4n) is 5.64. The number of carbonyl (C=O) groups excluding carboxylic acids is 2. The second-order valence-corrected chi connectivity index (χ2v) is 14.1. The number of rotatable bonds is 19. The number of allylic oxidation sites excluding steroid dienone is 3. The van der Waals surface area contributed by atoms with E-state index in [1.807, 2.05) is 30.5 Å². The molecule has 0 saturated heterocycles. The number of hydrogen-bond donors (Lipinski definition) is 1. The molecule has 260 valence electrons. The molecule has 1 amide bonds. The van der Waals surface area contributed by atoms with Crippen molar-refractivity contribution in [3.05, 3.63) is 64.6 Å². The van der Waals surface area contributed by atoms with Crippen molar-refractivity contribution in [2.75, 3.05) is 33.4 Å². The van der Waals surface area contributed by atoms with Gasteiger partial charge in [0.15, 0.2) is 6.54 Å². The second-order valence-electron chi connectivity index (χ2n) is 14.1. The highest BCUT2D eigenvalue weighted by Gasteiger charge is 2.28. The van der Waals surface area contributed by atoms with E-state index in [2.05, 4.69) is 77.1 Å². The maximum atomic E-state index is 13.1. The zero-order valence-electron chi connectivity index (χ0n) is 30.3. The van der Waals surface area contributed by atoms with Crippen LogP contribution in [0.4, 0.5) is 0 Å². The number of esters is 1. The Kier molecular flexibility index (Phi) is 13.9. The lowest BCUT2D eigenvalue weighted by molar-refractivity contribution is -0.930. The zero-order chi connectivity index (χ0) is 34.7. The molecule has 47 heavy (non-hydrogen) atoms. The van der Waals surface area contributed by atoms with Gasteiger partial charge in [0.1, 0.15) is 12.3 Å². The average Bonchev–Trinajstić information content (AvgIpc) is 3.49. The van der Waals surface area contributed by atoms with Crippen molar-refractivity contribution in [2.24, 2.45) is 0 Å². The largest absolute Gasteiger partial charge is 0.427 e. The molecule has 1 aliphatic rings. The summed E-state index contributed by atoms with van der Waals surface area (Å²) in [6.45, 7) is 20.7. The van der Waals surface area contributed by atoms with Gasteiger partial charge in [0, 0.05) is 37.5 Å². The monoisotopic (exact) mass is 652 g/mol. The van der Waals surface area contributed by atoms with Crippen LogP contribution < -0.4 is 10.1 Å². The number of carbonyl (C=O) groups is 2. The summed E-state index contributed by atoms with van der Waals surface area (Å²) in [7, 11) is 1.72. The molecule has 1 aromatic heterocycles. The van der Waals surface area contributed by atoms with Gasteiger partial charge in [-0.3, -0.25) is 14.3 Å². The first-order chi connectivity index (χ1) is 22.2. The van der Waals surface area contributed by atoms with Crippen LogP contribution in [0.5, 0.6) is 5.75 Å².